The maximum Gasteiger partial charge on any atom is 0.423 e. The third-order valence-electron chi connectivity index (χ3n) is 2.57. The van der Waals surface area contributed by atoms with Crippen molar-refractivity contribution in [2.45, 2.75) is 24.5 Å². The van der Waals surface area contributed by atoms with E-state index in [1.54, 1.807) is 30.3 Å². The van der Waals surface area contributed by atoms with E-state index >= 15 is 0 Å². The number of hydrogen-bond acceptors (Lipinski definition) is 2. The monoisotopic (exact) mass is 301 g/mol. The minimum Gasteiger partial charge on any atom is -0.359 e. The maximum absolute atomic E-state index is 12.3. The van der Waals surface area contributed by atoms with Crippen LogP contribution in [0, 0.1) is 0 Å². The Bertz CT molecular complexity index is 389. The first-order chi connectivity index (χ1) is 9.16. The highest BCUT2D eigenvalue weighted by Crippen LogP contribution is 2.36. The van der Waals surface area contributed by atoms with Gasteiger partial charge in [-0.05, 0) is 12.6 Å². The minimum atomic E-state index is -5.49. The first kappa shape index (κ1) is 16.8. The molecule has 0 amide bonds. The molecule has 114 valence electrons. The number of rotatable bonds is 5. The lowest BCUT2D eigenvalue weighted by Gasteiger charge is -2.25. The van der Waals surface area contributed by atoms with Gasteiger partial charge in [-0.25, -0.2) is 0 Å². The fourth-order valence-corrected chi connectivity index (χ4v) is 1.60. The average molecular weight is 301 g/mol. The van der Waals surface area contributed by atoms with E-state index in [1.807, 2.05) is 0 Å². The molecule has 8 heteroatoms. The summed E-state index contributed by atoms with van der Waals surface area (Å²) in [5, 5.41) is 2.62. The number of nitrogens with one attached hydrogen (secondary N) is 1. The molecule has 0 fully saturated rings. The molecule has 0 bridgehead atoms. The normalized spacial score (nSPS) is 14.6. The van der Waals surface area contributed by atoms with Crippen molar-refractivity contribution in [3.05, 3.63) is 35.9 Å². The zero-order valence-electron chi connectivity index (χ0n) is 10.4. The first-order valence-corrected chi connectivity index (χ1v) is 5.63. The van der Waals surface area contributed by atoms with Gasteiger partial charge in [0.25, 0.3) is 0 Å². The SMILES string of the molecule is CNC(COC(C(F)(F)F)C(F)(F)F)c1ccccc1. The lowest BCUT2D eigenvalue weighted by Crippen LogP contribution is -2.45. The van der Waals surface area contributed by atoms with E-state index in [0.29, 0.717) is 5.56 Å². The van der Waals surface area contributed by atoms with Crippen molar-refractivity contribution >= 4 is 0 Å². The van der Waals surface area contributed by atoms with Gasteiger partial charge in [-0.15, -0.1) is 0 Å². The van der Waals surface area contributed by atoms with Crippen molar-refractivity contribution in [3.63, 3.8) is 0 Å². The Morgan fingerprint density at radius 3 is 1.90 bits per heavy atom. The standard InChI is InChI=1S/C12H13F6NO/c1-19-9(8-5-3-2-4-6-8)7-20-10(11(13,14)15)12(16,17)18/h2-6,9-10,19H,7H2,1H3. The van der Waals surface area contributed by atoms with E-state index in [4.69, 9.17) is 0 Å². The molecule has 20 heavy (non-hydrogen) atoms. The smallest absolute Gasteiger partial charge is 0.359 e. The Labute approximate surface area is 111 Å². The molecule has 1 rings (SSSR count). The minimum absolute atomic E-state index is 0.540. The molecule has 1 unspecified atom stereocenters. The van der Waals surface area contributed by atoms with Crippen LogP contribution < -0.4 is 5.32 Å². The van der Waals surface area contributed by atoms with Gasteiger partial charge in [0.05, 0.1) is 12.6 Å². The third kappa shape index (κ3) is 4.68. The van der Waals surface area contributed by atoms with Crippen LogP contribution in [0.15, 0.2) is 30.3 Å². The van der Waals surface area contributed by atoms with Gasteiger partial charge < -0.3 is 10.1 Å². The van der Waals surface area contributed by atoms with Crippen LogP contribution in [-0.2, 0) is 4.74 Å². The van der Waals surface area contributed by atoms with Crippen LogP contribution in [0.3, 0.4) is 0 Å². The van der Waals surface area contributed by atoms with Crippen molar-refractivity contribution in [3.8, 4) is 0 Å². The Hall–Kier alpha value is -1.28. The molecular formula is C12H13F6NO. The Balaban J connectivity index is 2.76. The van der Waals surface area contributed by atoms with Crippen molar-refractivity contribution in [1.29, 1.82) is 0 Å². The van der Waals surface area contributed by atoms with E-state index in [-0.39, 0.29) is 0 Å². The summed E-state index contributed by atoms with van der Waals surface area (Å²) in [6, 6.07) is 7.35. The third-order valence-corrected chi connectivity index (χ3v) is 2.57. The molecule has 0 radical (unpaired) electrons. The molecule has 1 aromatic rings. The summed E-state index contributed by atoms with van der Waals surface area (Å²) in [6.45, 7) is -0.746. The highest BCUT2D eigenvalue weighted by Gasteiger charge is 2.58. The molecule has 0 aliphatic rings. The summed E-state index contributed by atoms with van der Waals surface area (Å²) < 4.78 is 77.9. The van der Waals surface area contributed by atoms with Crippen LogP contribution in [0.1, 0.15) is 11.6 Å². The van der Waals surface area contributed by atoms with E-state index in [2.05, 4.69) is 10.1 Å². The molecule has 1 aromatic carbocycles. The van der Waals surface area contributed by atoms with Gasteiger partial charge in [0.1, 0.15) is 0 Å². The fraction of sp³-hybridized carbons (Fsp3) is 0.500. The number of hydrogen-bond donors (Lipinski definition) is 1. The van der Waals surface area contributed by atoms with Gasteiger partial charge in [-0.3, -0.25) is 0 Å². The highest BCUT2D eigenvalue weighted by molar-refractivity contribution is 5.18. The first-order valence-electron chi connectivity index (χ1n) is 5.63. The summed E-state index contributed by atoms with van der Waals surface area (Å²) in [5.41, 5.74) is 0.540. The van der Waals surface area contributed by atoms with Crippen LogP contribution in [-0.4, -0.2) is 32.1 Å². The second-order valence-corrected chi connectivity index (χ2v) is 4.05. The lowest BCUT2D eigenvalue weighted by molar-refractivity contribution is -0.322. The number of alkyl halides is 6. The van der Waals surface area contributed by atoms with Crippen LogP contribution in [0.2, 0.25) is 0 Å². The Morgan fingerprint density at radius 2 is 1.50 bits per heavy atom. The molecular weight excluding hydrogens is 288 g/mol. The number of likely N-dealkylation sites (N-methyl/N-ethyl adjacent to an activating group) is 1. The van der Waals surface area contributed by atoms with Gasteiger partial charge in [0.2, 0.25) is 6.10 Å². The van der Waals surface area contributed by atoms with E-state index in [0.717, 1.165) is 0 Å². The topological polar surface area (TPSA) is 21.3 Å². The van der Waals surface area contributed by atoms with Gasteiger partial charge >= 0.3 is 12.4 Å². The molecule has 2 nitrogen and oxygen atoms in total. The van der Waals surface area contributed by atoms with E-state index in [9.17, 15) is 26.3 Å². The molecule has 0 saturated heterocycles. The predicted octanol–water partition coefficient (Wildman–Crippen LogP) is 3.46. The summed E-state index contributed by atoms with van der Waals surface area (Å²) in [5.74, 6) is 0. The number of ether oxygens (including phenoxy) is 1. The Morgan fingerprint density at radius 1 is 1.00 bits per heavy atom. The van der Waals surface area contributed by atoms with Gasteiger partial charge in [0.15, 0.2) is 0 Å². The van der Waals surface area contributed by atoms with Crippen molar-refractivity contribution in [2.75, 3.05) is 13.7 Å². The van der Waals surface area contributed by atoms with Crippen LogP contribution in [0.25, 0.3) is 0 Å². The van der Waals surface area contributed by atoms with Crippen LogP contribution in [0.5, 0.6) is 0 Å². The molecule has 0 aliphatic carbocycles. The maximum atomic E-state index is 12.3. The van der Waals surface area contributed by atoms with E-state index in [1.165, 1.54) is 7.05 Å². The number of benzene rings is 1. The van der Waals surface area contributed by atoms with Gasteiger partial charge in [0, 0.05) is 0 Å². The highest BCUT2D eigenvalue weighted by atomic mass is 19.4. The van der Waals surface area contributed by atoms with Crippen LogP contribution in [0.4, 0.5) is 26.3 Å². The second-order valence-electron chi connectivity index (χ2n) is 4.05. The largest absolute Gasteiger partial charge is 0.423 e. The zero-order valence-corrected chi connectivity index (χ0v) is 10.4. The molecule has 0 saturated carbocycles. The van der Waals surface area contributed by atoms with Crippen LogP contribution >= 0.6 is 0 Å². The van der Waals surface area contributed by atoms with E-state index < -0.39 is 31.1 Å². The van der Waals surface area contributed by atoms with Crippen molar-refractivity contribution < 1.29 is 31.1 Å². The quantitative estimate of drug-likeness (QED) is 0.841. The van der Waals surface area contributed by atoms with Crippen molar-refractivity contribution in [1.82, 2.24) is 5.32 Å². The summed E-state index contributed by atoms with van der Waals surface area (Å²) >= 11 is 0. The Kier molecular flexibility index (Phi) is 5.41. The zero-order chi connectivity index (χ0) is 15.4. The molecule has 1 N–H and O–H groups in total. The average Bonchev–Trinajstić information content (AvgIpc) is 2.32. The van der Waals surface area contributed by atoms with Crippen molar-refractivity contribution in [2.24, 2.45) is 0 Å². The molecule has 1 atom stereocenters. The summed E-state index contributed by atoms with van der Waals surface area (Å²) in [4.78, 5) is 0. The predicted molar refractivity (Wildman–Crippen MR) is 60.1 cm³/mol. The second kappa shape index (κ2) is 6.45. The molecule has 0 spiro atoms. The number of halogens is 6. The van der Waals surface area contributed by atoms with Gasteiger partial charge in [-0.1, -0.05) is 30.3 Å². The summed E-state index contributed by atoms with van der Waals surface area (Å²) in [6.07, 6.45) is -14.8. The molecule has 0 heterocycles. The van der Waals surface area contributed by atoms with Gasteiger partial charge in [-0.2, -0.15) is 26.3 Å². The molecule has 0 aliphatic heterocycles. The lowest BCUT2D eigenvalue weighted by atomic mass is 10.1. The fourth-order valence-electron chi connectivity index (χ4n) is 1.60. The molecule has 0 aromatic heterocycles. The summed E-state index contributed by atoms with van der Waals surface area (Å²) in [7, 11) is 1.43.